The van der Waals surface area contributed by atoms with Gasteiger partial charge in [0.05, 0.1) is 19.2 Å². The van der Waals surface area contributed by atoms with Crippen molar-refractivity contribution in [3.8, 4) is 23.0 Å². The first kappa shape index (κ1) is 19.9. The van der Waals surface area contributed by atoms with E-state index in [2.05, 4.69) is 11.9 Å². The quantitative estimate of drug-likeness (QED) is 0.399. The van der Waals surface area contributed by atoms with Gasteiger partial charge in [0.1, 0.15) is 5.75 Å². The second kappa shape index (κ2) is 9.40. The Morgan fingerprint density at radius 2 is 1.79 bits per heavy atom. The van der Waals surface area contributed by atoms with Crippen molar-refractivity contribution >= 4 is 10.9 Å². The van der Waals surface area contributed by atoms with Gasteiger partial charge in [0, 0.05) is 17.6 Å². The summed E-state index contributed by atoms with van der Waals surface area (Å²) < 4.78 is 31.4. The maximum Gasteiger partial charge on any atom is 0.165 e. The number of benzene rings is 2. The molecule has 0 bridgehead atoms. The van der Waals surface area contributed by atoms with Crippen LogP contribution in [0.1, 0.15) is 38.2 Å². The van der Waals surface area contributed by atoms with Crippen LogP contribution < -0.4 is 14.2 Å². The molecule has 5 heteroatoms. The summed E-state index contributed by atoms with van der Waals surface area (Å²) in [6.07, 6.45) is 6.17. The second-order valence-corrected chi connectivity index (χ2v) is 6.77. The summed E-state index contributed by atoms with van der Waals surface area (Å²) in [5.74, 6) is 1.54. The molecule has 0 aliphatic rings. The number of rotatable bonds is 9. The summed E-state index contributed by atoms with van der Waals surface area (Å²) in [6.45, 7) is 4.65. The lowest BCUT2D eigenvalue weighted by atomic mass is 10.1. The Balaban J connectivity index is 1.87. The molecule has 0 aliphatic heterocycles. The fraction of sp³-hybridized carbons (Fsp3) is 0.348. The van der Waals surface area contributed by atoms with Crippen LogP contribution in [-0.4, -0.2) is 18.7 Å². The van der Waals surface area contributed by atoms with E-state index in [9.17, 15) is 4.39 Å². The lowest BCUT2D eigenvalue weighted by Gasteiger charge is -2.14. The van der Waals surface area contributed by atoms with E-state index in [0.29, 0.717) is 29.4 Å². The van der Waals surface area contributed by atoms with Gasteiger partial charge in [0.15, 0.2) is 23.1 Å². The van der Waals surface area contributed by atoms with E-state index in [1.165, 1.54) is 18.9 Å². The van der Waals surface area contributed by atoms with Crippen molar-refractivity contribution in [1.82, 2.24) is 4.98 Å². The van der Waals surface area contributed by atoms with Gasteiger partial charge in [0.2, 0.25) is 0 Å². The van der Waals surface area contributed by atoms with E-state index in [4.69, 9.17) is 14.2 Å². The number of fused-ring (bicyclic) bond motifs is 1. The van der Waals surface area contributed by atoms with Gasteiger partial charge in [-0.1, -0.05) is 32.3 Å². The van der Waals surface area contributed by atoms with Crippen molar-refractivity contribution in [2.45, 2.75) is 39.5 Å². The van der Waals surface area contributed by atoms with Crippen molar-refractivity contribution in [3.63, 3.8) is 0 Å². The minimum absolute atomic E-state index is 0.174. The number of ether oxygens (including phenoxy) is 3. The fourth-order valence-corrected chi connectivity index (χ4v) is 3.01. The van der Waals surface area contributed by atoms with Gasteiger partial charge in [-0.2, -0.15) is 0 Å². The summed E-state index contributed by atoms with van der Waals surface area (Å²) in [5.41, 5.74) is 1.54. The lowest BCUT2D eigenvalue weighted by molar-refractivity contribution is 0.285. The third kappa shape index (κ3) is 4.71. The molecular weight excluding hydrogens is 357 g/mol. The zero-order chi connectivity index (χ0) is 19.9. The predicted octanol–water partition coefficient (Wildman–Crippen LogP) is 6.44. The molecule has 0 radical (unpaired) electrons. The number of methoxy groups -OCH3 is 1. The molecule has 148 valence electrons. The first-order valence-electron chi connectivity index (χ1n) is 9.66. The molecule has 0 fully saturated rings. The van der Waals surface area contributed by atoms with Crippen molar-refractivity contribution in [2.24, 2.45) is 0 Å². The largest absolute Gasteiger partial charge is 0.493 e. The highest BCUT2D eigenvalue weighted by molar-refractivity contribution is 5.88. The normalized spacial score (nSPS) is 10.9. The SMILES string of the molecule is CCCCCCOc1cc2nccc(Oc3ccc(C)cc3F)c2cc1OC. The van der Waals surface area contributed by atoms with Gasteiger partial charge in [-0.25, -0.2) is 4.39 Å². The zero-order valence-electron chi connectivity index (χ0n) is 16.6. The van der Waals surface area contributed by atoms with E-state index < -0.39 is 5.82 Å². The summed E-state index contributed by atoms with van der Waals surface area (Å²) in [7, 11) is 1.60. The Labute approximate surface area is 165 Å². The fourth-order valence-electron chi connectivity index (χ4n) is 3.01. The molecular formula is C23H26FNO3. The Hall–Kier alpha value is -2.82. The molecule has 0 spiro atoms. The molecule has 1 aromatic heterocycles. The van der Waals surface area contributed by atoms with Gasteiger partial charge in [0.25, 0.3) is 0 Å². The Morgan fingerprint density at radius 3 is 2.54 bits per heavy atom. The average molecular weight is 383 g/mol. The molecule has 3 rings (SSSR count). The van der Waals surface area contributed by atoms with E-state index in [1.54, 1.807) is 25.4 Å². The van der Waals surface area contributed by atoms with E-state index in [0.717, 1.165) is 23.8 Å². The monoisotopic (exact) mass is 383 g/mol. The summed E-state index contributed by atoms with van der Waals surface area (Å²) in [4.78, 5) is 4.40. The van der Waals surface area contributed by atoms with E-state index in [1.807, 2.05) is 25.1 Å². The number of hydrogen-bond acceptors (Lipinski definition) is 4. The summed E-state index contributed by atoms with van der Waals surface area (Å²) in [6, 6.07) is 10.3. The number of aryl methyl sites for hydroxylation is 1. The molecule has 28 heavy (non-hydrogen) atoms. The van der Waals surface area contributed by atoms with Crippen molar-refractivity contribution in [3.05, 3.63) is 54.0 Å². The van der Waals surface area contributed by atoms with Gasteiger partial charge >= 0.3 is 0 Å². The number of unbranched alkanes of at least 4 members (excludes halogenated alkanes) is 3. The van der Waals surface area contributed by atoms with Gasteiger partial charge in [-0.05, 0) is 43.2 Å². The number of pyridine rings is 1. The van der Waals surface area contributed by atoms with Crippen LogP contribution in [0.4, 0.5) is 4.39 Å². The standard InChI is InChI=1S/C23H26FNO3/c1-4-5-6-7-12-27-23-15-19-17(14-22(23)26-3)20(10-11-25-19)28-21-9-8-16(2)13-18(21)24/h8-11,13-15H,4-7,12H2,1-3H3. The van der Waals surface area contributed by atoms with Crippen molar-refractivity contribution in [1.29, 1.82) is 0 Å². The molecule has 0 unspecified atom stereocenters. The maximum absolute atomic E-state index is 14.2. The van der Waals surface area contributed by atoms with Crippen LogP contribution in [0.3, 0.4) is 0 Å². The first-order valence-corrected chi connectivity index (χ1v) is 9.66. The predicted molar refractivity (Wildman–Crippen MR) is 109 cm³/mol. The van der Waals surface area contributed by atoms with Gasteiger partial charge in [-0.3, -0.25) is 4.98 Å². The molecule has 0 saturated heterocycles. The van der Waals surface area contributed by atoms with E-state index >= 15 is 0 Å². The van der Waals surface area contributed by atoms with Gasteiger partial charge < -0.3 is 14.2 Å². The molecule has 4 nitrogen and oxygen atoms in total. The molecule has 0 atom stereocenters. The van der Waals surface area contributed by atoms with Crippen LogP contribution in [0.2, 0.25) is 0 Å². The van der Waals surface area contributed by atoms with Crippen molar-refractivity contribution < 1.29 is 18.6 Å². The highest BCUT2D eigenvalue weighted by Crippen LogP contribution is 2.37. The average Bonchev–Trinajstić information content (AvgIpc) is 2.69. The molecule has 0 aliphatic carbocycles. The lowest BCUT2D eigenvalue weighted by Crippen LogP contribution is -2.00. The van der Waals surface area contributed by atoms with Crippen LogP contribution in [0.25, 0.3) is 10.9 Å². The van der Waals surface area contributed by atoms with Crippen molar-refractivity contribution in [2.75, 3.05) is 13.7 Å². The summed E-state index contributed by atoms with van der Waals surface area (Å²) in [5, 5.41) is 0.734. The number of hydrogen-bond donors (Lipinski definition) is 0. The van der Waals surface area contributed by atoms with Crippen LogP contribution in [-0.2, 0) is 0 Å². The van der Waals surface area contributed by atoms with E-state index in [-0.39, 0.29) is 5.75 Å². The first-order chi connectivity index (χ1) is 13.6. The van der Waals surface area contributed by atoms with Crippen LogP contribution in [0.5, 0.6) is 23.0 Å². The highest BCUT2D eigenvalue weighted by atomic mass is 19.1. The molecule has 0 saturated carbocycles. The van der Waals surface area contributed by atoms with Crippen LogP contribution >= 0.6 is 0 Å². The molecule has 0 N–H and O–H groups in total. The third-order valence-corrected chi connectivity index (χ3v) is 4.55. The summed E-state index contributed by atoms with van der Waals surface area (Å²) >= 11 is 0. The highest BCUT2D eigenvalue weighted by Gasteiger charge is 2.13. The topological polar surface area (TPSA) is 40.6 Å². The molecule has 2 aromatic carbocycles. The maximum atomic E-state index is 14.2. The number of halogens is 1. The Bertz CT molecular complexity index is 943. The second-order valence-electron chi connectivity index (χ2n) is 6.77. The zero-order valence-corrected chi connectivity index (χ0v) is 16.6. The van der Waals surface area contributed by atoms with Gasteiger partial charge in [-0.15, -0.1) is 0 Å². The Morgan fingerprint density at radius 1 is 0.929 bits per heavy atom. The smallest absolute Gasteiger partial charge is 0.165 e. The third-order valence-electron chi connectivity index (χ3n) is 4.55. The minimum Gasteiger partial charge on any atom is -0.493 e. The molecule has 1 heterocycles. The van der Waals surface area contributed by atoms with Crippen LogP contribution in [0.15, 0.2) is 42.6 Å². The molecule has 0 amide bonds. The Kier molecular flexibility index (Phi) is 6.69. The number of nitrogens with zero attached hydrogens (tertiary/aromatic N) is 1. The minimum atomic E-state index is -0.399. The number of aromatic nitrogens is 1. The van der Waals surface area contributed by atoms with Crippen LogP contribution in [0, 0.1) is 12.7 Å². The molecule has 3 aromatic rings.